The van der Waals surface area contributed by atoms with Gasteiger partial charge < -0.3 is 10.1 Å². The van der Waals surface area contributed by atoms with E-state index in [-0.39, 0.29) is 10.9 Å². The first-order valence-corrected chi connectivity index (χ1v) is 12.3. The van der Waals surface area contributed by atoms with Crippen molar-refractivity contribution in [3.63, 3.8) is 0 Å². The van der Waals surface area contributed by atoms with E-state index in [9.17, 15) is 8.42 Å². The van der Waals surface area contributed by atoms with Crippen LogP contribution in [0.4, 0.5) is 5.69 Å². The highest BCUT2D eigenvalue weighted by atomic mass is 79.9. The van der Waals surface area contributed by atoms with Crippen molar-refractivity contribution in [3.8, 4) is 5.75 Å². The van der Waals surface area contributed by atoms with Crippen LogP contribution in [0.5, 0.6) is 5.75 Å². The Hall–Kier alpha value is -1.09. The molecule has 1 saturated carbocycles. The van der Waals surface area contributed by atoms with Crippen LogP contribution in [0.25, 0.3) is 0 Å². The number of benzene rings is 2. The molecule has 2 N–H and O–H groups in total. The Balaban J connectivity index is 1.75. The number of para-hydroxylation sites is 1. The van der Waals surface area contributed by atoms with Gasteiger partial charge in [-0.2, -0.15) is 0 Å². The van der Waals surface area contributed by atoms with E-state index in [0.29, 0.717) is 21.2 Å². The van der Waals surface area contributed by atoms with Crippen LogP contribution in [0.1, 0.15) is 25.7 Å². The lowest BCUT2D eigenvalue weighted by Gasteiger charge is -2.21. The van der Waals surface area contributed by atoms with E-state index >= 15 is 0 Å². The fraction of sp³-hybridized carbons (Fsp3) is 0.400. The summed E-state index contributed by atoms with van der Waals surface area (Å²) < 4.78 is 35.5. The summed E-state index contributed by atoms with van der Waals surface area (Å²) >= 11 is 6.74. The summed E-state index contributed by atoms with van der Waals surface area (Å²) in [6, 6.07) is 12.8. The van der Waals surface area contributed by atoms with Crippen molar-refractivity contribution in [3.05, 3.63) is 51.4 Å². The molecular formula is C20H24Br2N2O3S. The number of ether oxygens (including phenoxy) is 1. The van der Waals surface area contributed by atoms with Crippen LogP contribution in [0.3, 0.4) is 0 Å². The fourth-order valence-electron chi connectivity index (χ4n) is 3.00. The Morgan fingerprint density at radius 2 is 1.86 bits per heavy atom. The van der Waals surface area contributed by atoms with Gasteiger partial charge in [-0.1, -0.05) is 31.0 Å². The van der Waals surface area contributed by atoms with Crippen LogP contribution >= 0.6 is 31.9 Å². The number of sulfonamides is 1. The van der Waals surface area contributed by atoms with E-state index in [1.165, 1.54) is 26.0 Å². The predicted octanol–water partition coefficient (Wildman–Crippen LogP) is 5.17. The molecule has 0 spiro atoms. The van der Waals surface area contributed by atoms with Gasteiger partial charge >= 0.3 is 0 Å². The minimum absolute atomic E-state index is 0.170. The molecule has 0 saturated heterocycles. The van der Waals surface area contributed by atoms with Crippen LogP contribution in [-0.4, -0.2) is 28.1 Å². The van der Waals surface area contributed by atoms with Crippen molar-refractivity contribution in [2.24, 2.45) is 5.92 Å². The smallest absolute Gasteiger partial charge is 0.242 e. The van der Waals surface area contributed by atoms with Crippen molar-refractivity contribution < 1.29 is 13.2 Å². The molecule has 0 aliphatic heterocycles. The zero-order valence-electron chi connectivity index (χ0n) is 15.6. The van der Waals surface area contributed by atoms with Crippen LogP contribution in [0.15, 0.2) is 56.3 Å². The summed E-state index contributed by atoms with van der Waals surface area (Å²) in [4.78, 5) is 0.170. The maximum atomic E-state index is 13.1. The van der Waals surface area contributed by atoms with E-state index in [1.54, 1.807) is 6.07 Å². The molecule has 0 aromatic heterocycles. The van der Waals surface area contributed by atoms with Gasteiger partial charge in [0.05, 0.1) is 16.5 Å². The third kappa shape index (κ3) is 5.95. The molecule has 1 unspecified atom stereocenters. The topological polar surface area (TPSA) is 67.4 Å². The van der Waals surface area contributed by atoms with Gasteiger partial charge in [0.15, 0.2) is 0 Å². The van der Waals surface area contributed by atoms with E-state index in [4.69, 9.17) is 4.74 Å². The molecule has 2 aromatic rings. The number of hydrogen-bond donors (Lipinski definition) is 2. The molecule has 1 atom stereocenters. The zero-order chi connectivity index (χ0) is 20.1. The van der Waals surface area contributed by atoms with Crippen molar-refractivity contribution >= 4 is 47.6 Å². The lowest BCUT2D eigenvalue weighted by molar-refractivity contribution is 0.410. The Labute approximate surface area is 183 Å². The van der Waals surface area contributed by atoms with Gasteiger partial charge in [-0.05, 0) is 68.8 Å². The van der Waals surface area contributed by atoms with Crippen LogP contribution < -0.4 is 14.8 Å². The first-order chi connectivity index (χ1) is 13.4. The lowest BCUT2D eigenvalue weighted by Crippen LogP contribution is -2.40. The highest BCUT2D eigenvalue weighted by Crippen LogP contribution is 2.35. The third-order valence-corrected chi connectivity index (χ3v) is 7.86. The molecule has 152 valence electrons. The van der Waals surface area contributed by atoms with Crippen LogP contribution in [0.2, 0.25) is 0 Å². The molecule has 0 heterocycles. The zero-order valence-corrected chi connectivity index (χ0v) is 19.6. The van der Waals surface area contributed by atoms with Crippen molar-refractivity contribution in [2.45, 2.75) is 36.6 Å². The molecule has 1 fully saturated rings. The first-order valence-electron chi connectivity index (χ1n) is 9.23. The summed E-state index contributed by atoms with van der Waals surface area (Å²) in [5, 5.41) is 3.34. The normalized spacial score (nSPS) is 15.2. The molecule has 1 aliphatic carbocycles. The molecule has 5 nitrogen and oxygen atoms in total. The van der Waals surface area contributed by atoms with Gasteiger partial charge in [0.2, 0.25) is 10.0 Å². The highest BCUT2D eigenvalue weighted by Gasteiger charge is 2.27. The molecule has 0 amide bonds. The maximum Gasteiger partial charge on any atom is 0.242 e. The summed E-state index contributed by atoms with van der Waals surface area (Å²) in [7, 11) is -2.20. The van der Waals surface area contributed by atoms with Gasteiger partial charge in [-0.25, -0.2) is 13.1 Å². The minimum Gasteiger partial charge on any atom is -0.496 e. The second kappa shape index (κ2) is 9.61. The van der Waals surface area contributed by atoms with Gasteiger partial charge in [-0.15, -0.1) is 0 Å². The number of anilines is 1. The first kappa shape index (κ1) is 21.6. The monoisotopic (exact) mass is 530 g/mol. The maximum absolute atomic E-state index is 13.1. The Morgan fingerprint density at radius 1 is 1.14 bits per heavy atom. The molecule has 2 aromatic carbocycles. The number of methoxy groups -OCH3 is 1. The Morgan fingerprint density at radius 3 is 2.50 bits per heavy atom. The summed E-state index contributed by atoms with van der Waals surface area (Å²) in [5.41, 5.74) is 0.976. The van der Waals surface area contributed by atoms with Crippen molar-refractivity contribution in [2.75, 3.05) is 19.0 Å². The summed E-state index contributed by atoms with van der Waals surface area (Å²) in [5.74, 6) is 1.21. The molecule has 0 radical (unpaired) electrons. The Bertz CT molecular complexity index is 903. The lowest BCUT2D eigenvalue weighted by atomic mass is 10.1. The second-order valence-electron chi connectivity index (χ2n) is 7.00. The van der Waals surface area contributed by atoms with Gasteiger partial charge in [0, 0.05) is 28.8 Å². The molecule has 28 heavy (non-hydrogen) atoms. The summed E-state index contributed by atoms with van der Waals surface area (Å²) in [6.45, 7) is 0.529. The largest absolute Gasteiger partial charge is 0.496 e. The molecule has 8 heteroatoms. The van der Waals surface area contributed by atoms with Crippen molar-refractivity contribution in [1.29, 1.82) is 0 Å². The average Bonchev–Trinajstić information content (AvgIpc) is 3.49. The standard InChI is InChI=1S/C20H24Br2N2O3S/c1-27-19-12-20(18(22)11-17(19)21)28(25,26)24-16(10-9-14-7-8-14)13-23-15-5-3-2-4-6-15/h2-6,11-12,14,16,23-24H,7-10,13H2,1H3. The molecular weight excluding hydrogens is 508 g/mol. The minimum atomic E-state index is -3.71. The number of hydrogen-bond acceptors (Lipinski definition) is 4. The molecule has 0 bridgehead atoms. The van der Waals surface area contributed by atoms with Gasteiger partial charge in [0.1, 0.15) is 5.75 Å². The number of nitrogens with one attached hydrogen (secondary N) is 2. The predicted molar refractivity (Wildman–Crippen MR) is 119 cm³/mol. The molecule has 1 aliphatic rings. The molecule has 3 rings (SSSR count). The Kier molecular flexibility index (Phi) is 7.42. The number of rotatable bonds is 10. The highest BCUT2D eigenvalue weighted by molar-refractivity contribution is 9.11. The van der Waals surface area contributed by atoms with Crippen LogP contribution in [-0.2, 0) is 10.0 Å². The quantitative estimate of drug-likeness (QED) is 0.444. The second-order valence-corrected chi connectivity index (χ2v) is 10.4. The fourth-order valence-corrected chi connectivity index (χ4v) is 6.14. The summed E-state index contributed by atoms with van der Waals surface area (Å²) in [6.07, 6.45) is 4.34. The van der Waals surface area contributed by atoms with E-state index in [1.807, 2.05) is 30.3 Å². The van der Waals surface area contributed by atoms with Gasteiger partial charge in [0.25, 0.3) is 0 Å². The van der Waals surface area contributed by atoms with Gasteiger partial charge in [-0.3, -0.25) is 0 Å². The van der Waals surface area contributed by atoms with Crippen LogP contribution in [0, 0.1) is 5.92 Å². The van der Waals surface area contributed by atoms with Crippen molar-refractivity contribution in [1.82, 2.24) is 4.72 Å². The van der Waals surface area contributed by atoms with E-state index in [2.05, 4.69) is 41.9 Å². The van der Waals surface area contributed by atoms with E-state index in [0.717, 1.165) is 24.4 Å². The third-order valence-electron chi connectivity index (χ3n) is 4.76. The average molecular weight is 532 g/mol. The van der Waals surface area contributed by atoms with E-state index < -0.39 is 10.0 Å². The number of halogens is 2. The SMILES string of the molecule is COc1cc(S(=O)(=O)NC(CCC2CC2)CNc2ccccc2)c(Br)cc1Br.